The van der Waals surface area contributed by atoms with Gasteiger partial charge in [-0.25, -0.2) is 9.59 Å². The first-order valence-electron chi connectivity index (χ1n) is 7.90. The fourth-order valence-corrected chi connectivity index (χ4v) is 2.25. The molecule has 0 fully saturated rings. The SMILES string of the molecule is CC[C@H](C)[C@@H](NC(=O)COC(=O)c1ccc2c(c1)OCO2)C(=O)OC. The number of fused-ring (bicyclic) bond motifs is 1. The molecule has 0 saturated carbocycles. The van der Waals surface area contributed by atoms with Crippen LogP contribution in [0.1, 0.15) is 30.6 Å². The molecule has 136 valence electrons. The number of methoxy groups -OCH3 is 1. The highest BCUT2D eigenvalue weighted by atomic mass is 16.7. The molecule has 0 saturated heterocycles. The van der Waals surface area contributed by atoms with Crippen molar-refractivity contribution >= 4 is 17.8 Å². The van der Waals surface area contributed by atoms with Gasteiger partial charge in [-0.1, -0.05) is 20.3 Å². The van der Waals surface area contributed by atoms with E-state index in [1.807, 2.05) is 13.8 Å². The Labute approximate surface area is 145 Å². The highest BCUT2D eigenvalue weighted by molar-refractivity contribution is 5.92. The lowest BCUT2D eigenvalue weighted by Gasteiger charge is -2.21. The molecule has 0 aromatic heterocycles. The second-order valence-electron chi connectivity index (χ2n) is 5.60. The van der Waals surface area contributed by atoms with Crippen LogP contribution in [0, 0.1) is 5.92 Å². The van der Waals surface area contributed by atoms with Gasteiger partial charge in [0.15, 0.2) is 18.1 Å². The Morgan fingerprint density at radius 3 is 2.64 bits per heavy atom. The van der Waals surface area contributed by atoms with E-state index in [9.17, 15) is 14.4 Å². The van der Waals surface area contributed by atoms with Crippen LogP contribution in [-0.4, -0.2) is 44.4 Å². The van der Waals surface area contributed by atoms with Crippen molar-refractivity contribution in [3.05, 3.63) is 23.8 Å². The van der Waals surface area contributed by atoms with Crippen LogP contribution >= 0.6 is 0 Å². The van der Waals surface area contributed by atoms with Crippen molar-refractivity contribution in [2.45, 2.75) is 26.3 Å². The average molecular weight is 351 g/mol. The van der Waals surface area contributed by atoms with Crippen LogP contribution in [0.5, 0.6) is 11.5 Å². The van der Waals surface area contributed by atoms with Gasteiger partial charge in [-0.05, 0) is 24.1 Å². The lowest BCUT2D eigenvalue weighted by Crippen LogP contribution is -2.47. The van der Waals surface area contributed by atoms with Gasteiger partial charge in [0.05, 0.1) is 12.7 Å². The number of ether oxygens (including phenoxy) is 4. The molecule has 0 bridgehead atoms. The summed E-state index contributed by atoms with van der Waals surface area (Å²) in [6, 6.07) is 3.81. The van der Waals surface area contributed by atoms with Crippen LogP contribution in [-0.2, 0) is 19.1 Å². The standard InChI is InChI=1S/C17H21NO7/c1-4-10(2)15(17(21)22-3)18-14(19)8-23-16(20)11-5-6-12-13(7-11)25-9-24-12/h5-7,10,15H,4,8-9H2,1-3H3,(H,18,19)/t10-,15+/m0/s1. The van der Waals surface area contributed by atoms with Gasteiger partial charge >= 0.3 is 11.9 Å². The first-order chi connectivity index (χ1) is 12.0. The summed E-state index contributed by atoms with van der Waals surface area (Å²) in [5.41, 5.74) is 0.239. The zero-order valence-corrected chi connectivity index (χ0v) is 14.4. The summed E-state index contributed by atoms with van der Waals surface area (Å²) in [7, 11) is 1.25. The van der Waals surface area contributed by atoms with Crippen LogP contribution in [0.25, 0.3) is 0 Å². The van der Waals surface area contributed by atoms with Gasteiger partial charge in [0, 0.05) is 0 Å². The molecule has 1 heterocycles. The fraction of sp³-hybridized carbons (Fsp3) is 0.471. The molecule has 1 aromatic carbocycles. The highest BCUT2D eigenvalue weighted by Gasteiger charge is 2.27. The second-order valence-corrected chi connectivity index (χ2v) is 5.60. The van der Waals surface area contributed by atoms with E-state index in [1.54, 1.807) is 6.07 Å². The van der Waals surface area contributed by atoms with Crippen molar-refractivity contribution in [2.75, 3.05) is 20.5 Å². The number of hydrogen-bond acceptors (Lipinski definition) is 7. The summed E-state index contributed by atoms with van der Waals surface area (Å²) in [5, 5.41) is 2.53. The lowest BCUT2D eigenvalue weighted by molar-refractivity contribution is -0.147. The van der Waals surface area contributed by atoms with E-state index in [-0.39, 0.29) is 18.3 Å². The van der Waals surface area contributed by atoms with Crippen LogP contribution in [0.15, 0.2) is 18.2 Å². The van der Waals surface area contributed by atoms with Crippen LogP contribution in [0.3, 0.4) is 0 Å². The van der Waals surface area contributed by atoms with Gasteiger partial charge in [0.1, 0.15) is 6.04 Å². The molecular weight excluding hydrogens is 330 g/mol. The number of hydrogen-bond donors (Lipinski definition) is 1. The van der Waals surface area contributed by atoms with E-state index >= 15 is 0 Å². The van der Waals surface area contributed by atoms with Crippen molar-refractivity contribution in [3.63, 3.8) is 0 Å². The number of esters is 2. The monoisotopic (exact) mass is 351 g/mol. The zero-order chi connectivity index (χ0) is 18.4. The summed E-state index contributed by atoms with van der Waals surface area (Å²) in [6.07, 6.45) is 0.678. The normalized spacial score (nSPS) is 14.4. The number of carbonyl (C=O) groups is 3. The minimum atomic E-state index is -0.785. The molecule has 8 heteroatoms. The van der Waals surface area contributed by atoms with Gasteiger partial charge in [0.2, 0.25) is 6.79 Å². The van der Waals surface area contributed by atoms with Crippen molar-refractivity contribution in [2.24, 2.45) is 5.92 Å². The van der Waals surface area contributed by atoms with Crippen molar-refractivity contribution in [1.29, 1.82) is 0 Å². The zero-order valence-electron chi connectivity index (χ0n) is 14.4. The molecule has 1 aliphatic rings. The van der Waals surface area contributed by atoms with Gasteiger partial charge < -0.3 is 24.3 Å². The van der Waals surface area contributed by atoms with Crippen LogP contribution in [0.4, 0.5) is 0 Å². The van der Waals surface area contributed by atoms with Crippen LogP contribution < -0.4 is 14.8 Å². The number of rotatable bonds is 7. The Balaban J connectivity index is 1.90. The Morgan fingerprint density at radius 2 is 1.96 bits per heavy atom. The molecule has 2 atom stereocenters. The molecular formula is C17H21NO7. The first-order valence-corrected chi connectivity index (χ1v) is 7.90. The molecule has 2 rings (SSSR count). The third-order valence-electron chi connectivity index (χ3n) is 3.93. The largest absolute Gasteiger partial charge is 0.467 e. The molecule has 8 nitrogen and oxygen atoms in total. The Bertz CT molecular complexity index is 658. The first kappa shape index (κ1) is 18.6. The maximum Gasteiger partial charge on any atom is 0.338 e. The average Bonchev–Trinajstić information content (AvgIpc) is 3.10. The Hall–Kier alpha value is -2.77. The fourth-order valence-electron chi connectivity index (χ4n) is 2.25. The number of carbonyl (C=O) groups excluding carboxylic acids is 3. The summed E-state index contributed by atoms with van der Waals surface area (Å²) in [5.74, 6) is -0.910. The van der Waals surface area contributed by atoms with Gasteiger partial charge in [0.25, 0.3) is 5.91 Å². The summed E-state index contributed by atoms with van der Waals surface area (Å²) >= 11 is 0. The van der Waals surface area contributed by atoms with Gasteiger partial charge in [-0.15, -0.1) is 0 Å². The minimum absolute atomic E-state index is 0.0980. The number of amides is 1. The second kappa shape index (κ2) is 8.36. The molecule has 0 spiro atoms. The number of benzene rings is 1. The maximum absolute atomic E-state index is 12.0. The number of nitrogens with one attached hydrogen (secondary N) is 1. The molecule has 1 aliphatic heterocycles. The molecule has 0 aliphatic carbocycles. The molecule has 0 radical (unpaired) electrons. The summed E-state index contributed by atoms with van der Waals surface area (Å²) in [6.45, 7) is 3.31. The summed E-state index contributed by atoms with van der Waals surface area (Å²) in [4.78, 5) is 35.7. The van der Waals surface area contributed by atoms with Crippen molar-refractivity contribution in [1.82, 2.24) is 5.32 Å². The van der Waals surface area contributed by atoms with Crippen molar-refractivity contribution in [3.8, 4) is 11.5 Å². The van der Waals surface area contributed by atoms with E-state index in [0.29, 0.717) is 17.9 Å². The van der Waals surface area contributed by atoms with E-state index in [1.165, 1.54) is 19.2 Å². The van der Waals surface area contributed by atoms with E-state index < -0.39 is 30.5 Å². The lowest BCUT2D eigenvalue weighted by atomic mass is 9.99. The van der Waals surface area contributed by atoms with Gasteiger partial charge in [-0.3, -0.25) is 4.79 Å². The third-order valence-corrected chi connectivity index (χ3v) is 3.93. The van der Waals surface area contributed by atoms with Gasteiger partial charge in [-0.2, -0.15) is 0 Å². The quantitative estimate of drug-likeness (QED) is 0.739. The Kier molecular flexibility index (Phi) is 6.21. The van der Waals surface area contributed by atoms with Crippen molar-refractivity contribution < 1.29 is 33.3 Å². The molecule has 25 heavy (non-hydrogen) atoms. The third kappa shape index (κ3) is 4.62. The maximum atomic E-state index is 12.0. The summed E-state index contributed by atoms with van der Waals surface area (Å²) < 4.78 is 20.0. The predicted octanol–water partition coefficient (Wildman–Crippen LogP) is 1.28. The van der Waals surface area contributed by atoms with E-state index in [2.05, 4.69) is 10.1 Å². The Morgan fingerprint density at radius 1 is 1.24 bits per heavy atom. The van der Waals surface area contributed by atoms with Crippen LogP contribution in [0.2, 0.25) is 0 Å². The van der Waals surface area contributed by atoms with E-state index in [0.717, 1.165) is 0 Å². The van der Waals surface area contributed by atoms with E-state index in [4.69, 9.17) is 14.2 Å². The smallest absolute Gasteiger partial charge is 0.338 e. The topological polar surface area (TPSA) is 100 Å². The minimum Gasteiger partial charge on any atom is -0.467 e. The molecule has 1 N–H and O–H groups in total. The molecule has 0 unspecified atom stereocenters. The molecule has 1 aromatic rings. The highest BCUT2D eigenvalue weighted by Crippen LogP contribution is 2.32. The molecule has 1 amide bonds. The predicted molar refractivity (Wildman–Crippen MR) is 86.2 cm³/mol.